The molecule has 1 unspecified atom stereocenters. The maximum Gasteiger partial charge on any atom is 0.175 e. The van der Waals surface area contributed by atoms with E-state index in [1.165, 1.54) is 0 Å². The van der Waals surface area contributed by atoms with Gasteiger partial charge in [0.2, 0.25) is 0 Å². The van der Waals surface area contributed by atoms with Crippen molar-refractivity contribution in [2.75, 3.05) is 11.5 Å². The first-order chi connectivity index (χ1) is 6.63. The van der Waals surface area contributed by atoms with Gasteiger partial charge in [0.05, 0.1) is 5.75 Å². The van der Waals surface area contributed by atoms with Crippen LogP contribution in [0.1, 0.15) is 17.3 Å². The fourth-order valence-corrected chi connectivity index (χ4v) is 2.06. The zero-order valence-electron chi connectivity index (χ0n) is 7.83. The lowest BCUT2D eigenvalue weighted by Gasteiger charge is -2.00. The molecule has 1 aromatic carbocycles. The summed E-state index contributed by atoms with van der Waals surface area (Å²) in [5.41, 5.74) is 0.612. The summed E-state index contributed by atoms with van der Waals surface area (Å²) in [6, 6.07) is 7.13. The van der Waals surface area contributed by atoms with Crippen molar-refractivity contribution in [1.29, 1.82) is 0 Å². The highest BCUT2D eigenvalue weighted by atomic mass is 79.9. The van der Waals surface area contributed by atoms with Crippen LogP contribution in [0.4, 0.5) is 0 Å². The van der Waals surface area contributed by atoms with Gasteiger partial charge in [0, 0.05) is 26.6 Å². The Balaban J connectivity index is 2.75. The largest absolute Gasteiger partial charge is 0.293 e. The Bertz CT molecular complexity index is 363. The molecule has 14 heavy (non-hydrogen) atoms. The summed E-state index contributed by atoms with van der Waals surface area (Å²) in [5, 5.41) is 0. The molecule has 0 saturated carbocycles. The Labute approximate surface area is 94.3 Å². The maximum atomic E-state index is 11.6. The van der Waals surface area contributed by atoms with Crippen molar-refractivity contribution in [3.8, 4) is 0 Å². The first-order valence-corrected chi connectivity index (χ1v) is 6.55. The number of Topliss-reactive ketones (excluding diaryl/α,β-unsaturated/α-hetero) is 1. The Morgan fingerprint density at radius 2 is 2.21 bits per heavy atom. The molecule has 76 valence electrons. The number of benzene rings is 1. The van der Waals surface area contributed by atoms with Crippen molar-refractivity contribution in [2.45, 2.75) is 6.92 Å². The van der Waals surface area contributed by atoms with Crippen molar-refractivity contribution in [1.82, 2.24) is 0 Å². The van der Waals surface area contributed by atoms with E-state index in [0.717, 1.165) is 4.47 Å². The highest BCUT2D eigenvalue weighted by Crippen LogP contribution is 2.12. The highest BCUT2D eigenvalue weighted by molar-refractivity contribution is 9.10. The van der Waals surface area contributed by atoms with Crippen LogP contribution in [0, 0.1) is 0 Å². The minimum absolute atomic E-state index is 0.0634. The van der Waals surface area contributed by atoms with Gasteiger partial charge in [-0.1, -0.05) is 35.0 Å². The van der Waals surface area contributed by atoms with E-state index in [0.29, 0.717) is 11.3 Å². The monoisotopic (exact) mass is 274 g/mol. The van der Waals surface area contributed by atoms with Crippen LogP contribution >= 0.6 is 15.9 Å². The Morgan fingerprint density at radius 1 is 1.50 bits per heavy atom. The van der Waals surface area contributed by atoms with Gasteiger partial charge in [-0.3, -0.25) is 9.00 Å². The smallest absolute Gasteiger partial charge is 0.175 e. The molecule has 0 aliphatic rings. The van der Waals surface area contributed by atoms with Crippen LogP contribution in [-0.4, -0.2) is 21.5 Å². The molecule has 0 aliphatic heterocycles. The molecule has 1 aromatic rings. The van der Waals surface area contributed by atoms with Gasteiger partial charge in [-0.2, -0.15) is 0 Å². The second-order valence-electron chi connectivity index (χ2n) is 2.81. The second kappa shape index (κ2) is 5.41. The van der Waals surface area contributed by atoms with Crippen LogP contribution in [0.15, 0.2) is 28.7 Å². The number of rotatable bonds is 4. The number of carbonyl (C=O) groups excluding carboxylic acids is 1. The van der Waals surface area contributed by atoms with Crippen molar-refractivity contribution < 1.29 is 9.00 Å². The minimum atomic E-state index is -1.03. The van der Waals surface area contributed by atoms with Gasteiger partial charge in [-0.25, -0.2) is 0 Å². The van der Waals surface area contributed by atoms with Gasteiger partial charge >= 0.3 is 0 Å². The van der Waals surface area contributed by atoms with Crippen molar-refractivity contribution in [2.24, 2.45) is 0 Å². The van der Waals surface area contributed by atoms with E-state index in [4.69, 9.17) is 0 Å². The first-order valence-electron chi connectivity index (χ1n) is 4.27. The molecule has 2 nitrogen and oxygen atoms in total. The second-order valence-corrected chi connectivity index (χ2v) is 5.47. The lowest BCUT2D eigenvalue weighted by molar-refractivity contribution is 0.102. The van der Waals surface area contributed by atoms with E-state index in [1.54, 1.807) is 18.2 Å². The Hall–Kier alpha value is -0.480. The molecular formula is C10H11BrO2S. The minimum Gasteiger partial charge on any atom is -0.293 e. The molecule has 0 heterocycles. The standard InChI is InChI=1S/C10H11BrO2S/c1-2-14(13)7-10(12)8-4-3-5-9(11)6-8/h3-6H,2,7H2,1H3. The summed E-state index contributed by atoms with van der Waals surface area (Å²) < 4.78 is 12.0. The molecule has 0 aromatic heterocycles. The topological polar surface area (TPSA) is 34.1 Å². The van der Waals surface area contributed by atoms with Gasteiger partial charge in [-0.15, -0.1) is 0 Å². The van der Waals surface area contributed by atoms with Crippen molar-refractivity contribution >= 4 is 32.5 Å². The van der Waals surface area contributed by atoms with Crippen molar-refractivity contribution in [3.05, 3.63) is 34.3 Å². The van der Waals surface area contributed by atoms with Gasteiger partial charge < -0.3 is 0 Å². The van der Waals surface area contributed by atoms with E-state index in [1.807, 2.05) is 13.0 Å². The van der Waals surface area contributed by atoms with Gasteiger partial charge in [0.15, 0.2) is 5.78 Å². The van der Waals surface area contributed by atoms with E-state index in [2.05, 4.69) is 15.9 Å². The fourth-order valence-electron chi connectivity index (χ4n) is 0.994. The molecule has 0 amide bonds. The third-order valence-electron chi connectivity index (χ3n) is 1.76. The molecule has 0 radical (unpaired) electrons. The first kappa shape index (κ1) is 11.6. The average Bonchev–Trinajstić information content (AvgIpc) is 2.17. The normalized spacial score (nSPS) is 12.4. The van der Waals surface area contributed by atoms with Crippen LogP contribution in [0.5, 0.6) is 0 Å². The molecule has 0 aliphatic carbocycles. The molecule has 1 atom stereocenters. The predicted octanol–water partition coefficient (Wildman–Crippen LogP) is 2.40. The molecule has 4 heteroatoms. The summed E-state index contributed by atoms with van der Waals surface area (Å²) in [4.78, 5) is 11.6. The highest BCUT2D eigenvalue weighted by Gasteiger charge is 2.09. The van der Waals surface area contributed by atoms with Gasteiger partial charge in [0.25, 0.3) is 0 Å². The van der Waals surface area contributed by atoms with Gasteiger partial charge in [0.1, 0.15) is 0 Å². The molecule has 0 saturated heterocycles. The molecule has 0 fully saturated rings. The van der Waals surface area contributed by atoms with E-state index in [9.17, 15) is 9.00 Å². The summed E-state index contributed by atoms with van der Waals surface area (Å²) in [6.45, 7) is 1.81. The fraction of sp³-hybridized carbons (Fsp3) is 0.300. The molecule has 0 spiro atoms. The molecule has 0 bridgehead atoms. The number of hydrogen-bond acceptors (Lipinski definition) is 2. The Kier molecular flexibility index (Phi) is 4.48. The number of hydrogen-bond donors (Lipinski definition) is 0. The zero-order chi connectivity index (χ0) is 10.6. The number of carbonyl (C=O) groups is 1. The zero-order valence-corrected chi connectivity index (χ0v) is 10.2. The van der Waals surface area contributed by atoms with Crippen LogP contribution in [0.2, 0.25) is 0 Å². The van der Waals surface area contributed by atoms with Crippen LogP contribution in [0.3, 0.4) is 0 Å². The quantitative estimate of drug-likeness (QED) is 0.791. The van der Waals surface area contributed by atoms with Crippen LogP contribution in [0.25, 0.3) is 0 Å². The van der Waals surface area contributed by atoms with Crippen LogP contribution in [-0.2, 0) is 10.8 Å². The van der Waals surface area contributed by atoms with E-state index in [-0.39, 0.29) is 11.5 Å². The summed E-state index contributed by atoms with van der Waals surface area (Å²) >= 11 is 3.29. The van der Waals surface area contributed by atoms with Crippen LogP contribution < -0.4 is 0 Å². The average molecular weight is 275 g/mol. The van der Waals surface area contributed by atoms with E-state index >= 15 is 0 Å². The molecule has 0 N–H and O–H groups in total. The summed E-state index contributed by atoms with van der Waals surface area (Å²) in [7, 11) is -1.03. The van der Waals surface area contributed by atoms with Gasteiger partial charge in [-0.05, 0) is 12.1 Å². The Morgan fingerprint density at radius 3 is 2.79 bits per heavy atom. The summed E-state index contributed by atoms with van der Waals surface area (Å²) in [6.07, 6.45) is 0. The predicted molar refractivity (Wildman–Crippen MR) is 62.0 cm³/mol. The lowest BCUT2D eigenvalue weighted by atomic mass is 10.2. The third-order valence-corrected chi connectivity index (χ3v) is 3.48. The maximum absolute atomic E-state index is 11.6. The number of halogens is 1. The van der Waals surface area contributed by atoms with Crippen molar-refractivity contribution in [3.63, 3.8) is 0 Å². The third kappa shape index (κ3) is 3.35. The summed E-state index contributed by atoms with van der Waals surface area (Å²) in [5.74, 6) is 0.582. The molecular weight excluding hydrogens is 264 g/mol. The lowest BCUT2D eigenvalue weighted by Crippen LogP contribution is -2.11. The number of ketones is 1. The molecule has 1 rings (SSSR count). The van der Waals surface area contributed by atoms with E-state index < -0.39 is 10.8 Å². The SMILES string of the molecule is CCS(=O)CC(=O)c1cccc(Br)c1.